The van der Waals surface area contributed by atoms with Gasteiger partial charge in [0, 0.05) is 11.3 Å². The number of rotatable bonds is 6. The number of hydrogen-bond donors (Lipinski definition) is 2. The molecule has 0 unspecified atom stereocenters. The van der Waals surface area contributed by atoms with Crippen LogP contribution in [-0.2, 0) is 11.3 Å². The van der Waals surface area contributed by atoms with Crippen LogP contribution in [0.2, 0.25) is 0 Å². The van der Waals surface area contributed by atoms with Gasteiger partial charge in [-0.05, 0) is 48.5 Å². The Kier molecular flexibility index (Phi) is 5.89. The topological polar surface area (TPSA) is 106 Å². The predicted molar refractivity (Wildman–Crippen MR) is 116 cm³/mol. The number of halogens is 1. The number of nitrogens with zero attached hydrogens (tertiary/aromatic N) is 2. The lowest BCUT2D eigenvalue weighted by Crippen LogP contribution is -2.27. The average Bonchev–Trinajstić information content (AvgIpc) is 3.15. The summed E-state index contributed by atoms with van der Waals surface area (Å²) in [6.45, 7) is -0.432. The van der Waals surface area contributed by atoms with E-state index in [4.69, 9.17) is 4.42 Å². The lowest BCUT2D eigenvalue weighted by Gasteiger charge is -2.11. The van der Waals surface area contributed by atoms with E-state index in [1.807, 2.05) is 6.07 Å². The average molecular weight is 432 g/mol. The minimum atomic E-state index is -0.838. The second-order valence-corrected chi connectivity index (χ2v) is 6.75. The minimum Gasteiger partial charge on any atom is -0.388 e. The quantitative estimate of drug-likeness (QED) is 0.485. The maximum Gasteiger partial charge on any atom is 0.437 e. The third-order valence-electron chi connectivity index (χ3n) is 4.47. The molecule has 2 amide bonds. The molecule has 0 saturated carbocycles. The molecule has 32 heavy (non-hydrogen) atoms. The van der Waals surface area contributed by atoms with E-state index in [0.29, 0.717) is 11.3 Å². The number of para-hydroxylation sites is 2. The van der Waals surface area contributed by atoms with E-state index in [0.717, 1.165) is 4.68 Å². The second kappa shape index (κ2) is 9.09. The lowest BCUT2D eigenvalue weighted by atomic mass is 10.1. The Morgan fingerprint density at radius 3 is 2.34 bits per heavy atom. The van der Waals surface area contributed by atoms with Gasteiger partial charge in [0.05, 0.1) is 11.3 Å². The number of amides is 2. The van der Waals surface area contributed by atoms with Gasteiger partial charge >= 0.3 is 5.76 Å². The van der Waals surface area contributed by atoms with Crippen molar-refractivity contribution >= 4 is 23.2 Å². The molecule has 0 aliphatic heterocycles. The molecule has 8 nitrogen and oxygen atoms in total. The summed E-state index contributed by atoms with van der Waals surface area (Å²) in [7, 11) is 0. The molecule has 0 aliphatic carbocycles. The van der Waals surface area contributed by atoms with E-state index in [9.17, 15) is 18.8 Å². The Morgan fingerprint density at radius 1 is 0.906 bits per heavy atom. The first-order valence-electron chi connectivity index (χ1n) is 9.59. The van der Waals surface area contributed by atoms with Crippen LogP contribution in [0.1, 0.15) is 10.4 Å². The van der Waals surface area contributed by atoms with Crippen LogP contribution in [0, 0.1) is 5.82 Å². The van der Waals surface area contributed by atoms with Crippen LogP contribution < -0.4 is 16.4 Å². The van der Waals surface area contributed by atoms with Crippen LogP contribution in [0.5, 0.6) is 0 Å². The van der Waals surface area contributed by atoms with Gasteiger partial charge in [-0.15, -0.1) is 5.10 Å². The summed E-state index contributed by atoms with van der Waals surface area (Å²) in [4.78, 5) is 37.2. The van der Waals surface area contributed by atoms with Crippen molar-refractivity contribution in [3.8, 4) is 11.5 Å². The highest BCUT2D eigenvalue weighted by Crippen LogP contribution is 2.18. The number of anilines is 2. The maximum atomic E-state index is 13.1. The van der Waals surface area contributed by atoms with Crippen LogP contribution in [-0.4, -0.2) is 21.6 Å². The molecule has 3 aromatic carbocycles. The molecule has 0 atom stereocenters. The third kappa shape index (κ3) is 4.78. The molecule has 4 aromatic rings. The monoisotopic (exact) mass is 432 g/mol. The largest absolute Gasteiger partial charge is 0.437 e. The zero-order valence-electron chi connectivity index (χ0n) is 16.6. The summed E-state index contributed by atoms with van der Waals surface area (Å²) in [6.07, 6.45) is 0. The standard InChI is InChI=1S/C23H17FN4O4/c24-16-12-10-15(11-13-16)22-27-28(23(31)32-22)14-20(29)26-19-9-5-4-8-18(19)21(30)25-17-6-2-1-3-7-17/h1-13H,14H2,(H,25,30)(H,26,29). The summed E-state index contributed by atoms with van der Waals surface area (Å²) in [5.74, 6) is -2.29. The van der Waals surface area contributed by atoms with Crippen LogP contribution in [0.15, 0.2) is 88.1 Å². The van der Waals surface area contributed by atoms with Gasteiger partial charge in [0.15, 0.2) is 0 Å². The first-order chi connectivity index (χ1) is 15.5. The molecule has 1 heterocycles. The number of benzene rings is 3. The molecule has 0 aliphatic rings. The number of nitrogens with one attached hydrogen (secondary N) is 2. The summed E-state index contributed by atoms with van der Waals surface area (Å²) >= 11 is 0. The van der Waals surface area contributed by atoms with E-state index in [1.165, 1.54) is 24.3 Å². The van der Waals surface area contributed by atoms with Gasteiger partial charge in [-0.2, -0.15) is 4.68 Å². The SMILES string of the molecule is O=C(Cn1nc(-c2ccc(F)cc2)oc1=O)Nc1ccccc1C(=O)Nc1ccccc1. The first-order valence-corrected chi connectivity index (χ1v) is 9.59. The molecule has 0 bridgehead atoms. The molecule has 4 rings (SSSR count). The first kappa shape index (κ1) is 20.7. The Morgan fingerprint density at radius 2 is 1.59 bits per heavy atom. The highest BCUT2D eigenvalue weighted by molar-refractivity contribution is 6.10. The van der Waals surface area contributed by atoms with Crippen LogP contribution >= 0.6 is 0 Å². The van der Waals surface area contributed by atoms with Gasteiger partial charge in [0.2, 0.25) is 11.8 Å². The fourth-order valence-corrected chi connectivity index (χ4v) is 2.95. The van der Waals surface area contributed by atoms with Crippen molar-refractivity contribution in [2.24, 2.45) is 0 Å². The molecule has 0 radical (unpaired) electrons. The molecule has 0 saturated heterocycles. The molecule has 160 valence electrons. The molecular formula is C23H17FN4O4. The fraction of sp³-hybridized carbons (Fsp3) is 0.0435. The fourth-order valence-electron chi connectivity index (χ4n) is 2.95. The van der Waals surface area contributed by atoms with Crippen molar-refractivity contribution in [2.75, 3.05) is 10.6 Å². The zero-order valence-corrected chi connectivity index (χ0v) is 16.6. The van der Waals surface area contributed by atoms with Crippen molar-refractivity contribution in [3.05, 3.63) is 101 Å². The summed E-state index contributed by atoms with van der Waals surface area (Å²) in [5, 5.41) is 9.35. The molecular weight excluding hydrogens is 415 g/mol. The molecule has 1 aromatic heterocycles. The molecule has 9 heteroatoms. The minimum absolute atomic E-state index is 0.0366. The van der Waals surface area contributed by atoms with E-state index < -0.39 is 29.9 Å². The van der Waals surface area contributed by atoms with Crippen molar-refractivity contribution in [3.63, 3.8) is 0 Å². The third-order valence-corrected chi connectivity index (χ3v) is 4.47. The van der Waals surface area contributed by atoms with Gasteiger partial charge in [-0.25, -0.2) is 9.18 Å². The van der Waals surface area contributed by atoms with Crippen molar-refractivity contribution in [2.45, 2.75) is 6.54 Å². The highest BCUT2D eigenvalue weighted by atomic mass is 19.1. The van der Waals surface area contributed by atoms with Crippen molar-refractivity contribution in [1.82, 2.24) is 9.78 Å². The Balaban J connectivity index is 1.48. The summed E-state index contributed by atoms with van der Waals surface area (Å²) in [5.41, 5.74) is 1.54. The molecule has 0 fully saturated rings. The van der Waals surface area contributed by atoms with Crippen LogP contribution in [0.3, 0.4) is 0 Å². The van der Waals surface area contributed by atoms with Gasteiger partial charge in [-0.1, -0.05) is 30.3 Å². The molecule has 2 N–H and O–H groups in total. The van der Waals surface area contributed by atoms with Gasteiger partial charge in [-0.3, -0.25) is 9.59 Å². The van der Waals surface area contributed by atoms with Crippen molar-refractivity contribution in [1.29, 1.82) is 0 Å². The highest BCUT2D eigenvalue weighted by Gasteiger charge is 2.16. The summed E-state index contributed by atoms with van der Waals surface area (Å²) < 4.78 is 19.0. The van der Waals surface area contributed by atoms with E-state index in [-0.39, 0.29) is 17.1 Å². The number of hydrogen-bond acceptors (Lipinski definition) is 5. The second-order valence-electron chi connectivity index (χ2n) is 6.75. The summed E-state index contributed by atoms with van der Waals surface area (Å²) in [6, 6.07) is 20.6. The van der Waals surface area contributed by atoms with Crippen LogP contribution in [0.4, 0.5) is 15.8 Å². The Labute approximate surface area is 181 Å². The molecule has 0 spiro atoms. The van der Waals surface area contributed by atoms with Crippen molar-refractivity contribution < 1.29 is 18.4 Å². The van der Waals surface area contributed by atoms with Crippen LogP contribution in [0.25, 0.3) is 11.5 Å². The Hall–Kier alpha value is -4.53. The van der Waals surface area contributed by atoms with E-state index >= 15 is 0 Å². The number of carbonyl (C=O) groups excluding carboxylic acids is 2. The van der Waals surface area contributed by atoms with E-state index in [1.54, 1.807) is 48.5 Å². The van der Waals surface area contributed by atoms with Gasteiger partial charge in [0.1, 0.15) is 12.4 Å². The van der Waals surface area contributed by atoms with Gasteiger partial charge < -0.3 is 15.1 Å². The Bertz CT molecular complexity index is 1310. The maximum absolute atomic E-state index is 13.1. The van der Waals surface area contributed by atoms with Gasteiger partial charge in [0.25, 0.3) is 5.91 Å². The normalized spacial score (nSPS) is 10.5. The van der Waals surface area contributed by atoms with E-state index in [2.05, 4.69) is 15.7 Å². The lowest BCUT2D eigenvalue weighted by molar-refractivity contribution is -0.117. The number of carbonyl (C=O) groups is 2. The smallest absolute Gasteiger partial charge is 0.388 e. The predicted octanol–water partition coefficient (Wildman–Crippen LogP) is 3.53. The zero-order chi connectivity index (χ0) is 22.5. The number of aromatic nitrogens is 2.